The molecule has 1 aliphatic rings. The van der Waals surface area contributed by atoms with Crippen LogP contribution in [0.25, 0.3) is 0 Å². The Balaban J connectivity index is 2.33. The topological polar surface area (TPSA) is 49.4 Å². The van der Waals surface area contributed by atoms with Crippen molar-refractivity contribution < 1.29 is 12.8 Å². The number of sulfonamides is 1. The molecule has 2 rings (SSSR count). The van der Waals surface area contributed by atoms with Gasteiger partial charge >= 0.3 is 0 Å². The van der Waals surface area contributed by atoms with Crippen molar-refractivity contribution >= 4 is 21.6 Å². The second-order valence-corrected chi connectivity index (χ2v) is 6.93. The van der Waals surface area contributed by atoms with Crippen LogP contribution in [0.4, 0.5) is 4.39 Å². The van der Waals surface area contributed by atoms with Gasteiger partial charge in [0.2, 0.25) is 10.0 Å². The summed E-state index contributed by atoms with van der Waals surface area (Å²) in [5.41, 5.74) is 0. The number of halogens is 2. The molecule has 19 heavy (non-hydrogen) atoms. The van der Waals surface area contributed by atoms with Gasteiger partial charge in [0.1, 0.15) is 4.90 Å². The zero-order valence-electron chi connectivity index (χ0n) is 10.6. The predicted octanol–water partition coefficient (Wildman–Crippen LogP) is 1.85. The van der Waals surface area contributed by atoms with Gasteiger partial charge in [0, 0.05) is 13.1 Å². The Morgan fingerprint density at radius 1 is 1.37 bits per heavy atom. The summed E-state index contributed by atoms with van der Waals surface area (Å²) < 4.78 is 39.9. The van der Waals surface area contributed by atoms with Crippen molar-refractivity contribution in [2.45, 2.75) is 23.8 Å². The molecule has 0 saturated carbocycles. The van der Waals surface area contributed by atoms with Crippen molar-refractivity contribution in [1.29, 1.82) is 0 Å². The average Bonchev–Trinajstić information content (AvgIpc) is 2.41. The van der Waals surface area contributed by atoms with Crippen molar-refractivity contribution in [3.8, 4) is 0 Å². The lowest BCUT2D eigenvalue weighted by atomic mass is 10.1. The third-order valence-electron chi connectivity index (χ3n) is 3.40. The molecule has 1 aromatic rings. The highest BCUT2D eigenvalue weighted by Gasteiger charge is 2.31. The molecular formula is C12H16ClFN2O2S. The number of hydrogen-bond donors (Lipinski definition) is 1. The van der Waals surface area contributed by atoms with Crippen molar-refractivity contribution in [3.05, 3.63) is 29.0 Å². The minimum atomic E-state index is -3.85. The van der Waals surface area contributed by atoms with Crippen LogP contribution in [0.5, 0.6) is 0 Å². The summed E-state index contributed by atoms with van der Waals surface area (Å²) in [7, 11) is -2.35. The molecule has 1 fully saturated rings. The molecule has 1 N–H and O–H groups in total. The maximum absolute atomic E-state index is 13.9. The molecule has 1 aliphatic heterocycles. The number of piperidine rings is 1. The maximum Gasteiger partial charge on any atom is 0.246 e. The first-order valence-corrected chi connectivity index (χ1v) is 7.89. The molecule has 0 aliphatic carbocycles. The van der Waals surface area contributed by atoms with E-state index in [1.54, 1.807) is 0 Å². The van der Waals surface area contributed by atoms with E-state index in [1.807, 2.05) is 0 Å². The third-order valence-corrected chi connectivity index (χ3v) is 5.62. The Bertz CT molecular complexity index is 559. The lowest BCUT2D eigenvalue weighted by molar-refractivity contribution is 0.295. The second-order valence-electron chi connectivity index (χ2n) is 4.55. The summed E-state index contributed by atoms with van der Waals surface area (Å²) in [6.07, 6.45) is 1.44. The molecule has 0 aromatic heterocycles. The smallest absolute Gasteiger partial charge is 0.246 e. The summed E-state index contributed by atoms with van der Waals surface area (Å²) in [6.45, 7) is 1.53. The Labute approximate surface area is 117 Å². The Kier molecular flexibility index (Phi) is 4.45. The molecule has 0 spiro atoms. The van der Waals surface area contributed by atoms with Crippen LogP contribution in [-0.4, -0.2) is 38.9 Å². The zero-order valence-corrected chi connectivity index (χ0v) is 12.1. The third kappa shape index (κ3) is 2.91. The number of rotatable bonds is 3. The highest BCUT2D eigenvalue weighted by molar-refractivity contribution is 7.89. The van der Waals surface area contributed by atoms with E-state index in [2.05, 4.69) is 5.32 Å². The molecular weight excluding hydrogens is 291 g/mol. The van der Waals surface area contributed by atoms with Gasteiger partial charge < -0.3 is 5.32 Å². The molecule has 0 atom stereocenters. The molecule has 106 valence electrons. The summed E-state index contributed by atoms with van der Waals surface area (Å²) in [6, 6.07) is 3.91. The highest BCUT2D eigenvalue weighted by atomic mass is 35.5. The second kappa shape index (κ2) is 5.75. The summed E-state index contributed by atoms with van der Waals surface area (Å²) >= 11 is 5.64. The van der Waals surface area contributed by atoms with Crippen LogP contribution >= 0.6 is 11.6 Å². The fourth-order valence-electron chi connectivity index (χ4n) is 2.20. The van der Waals surface area contributed by atoms with Gasteiger partial charge in [0.25, 0.3) is 0 Å². The van der Waals surface area contributed by atoms with Crippen LogP contribution in [0.15, 0.2) is 23.1 Å². The van der Waals surface area contributed by atoms with Crippen LogP contribution in [0.1, 0.15) is 12.8 Å². The van der Waals surface area contributed by atoms with Gasteiger partial charge in [-0.15, -0.1) is 0 Å². The first kappa shape index (κ1) is 14.7. The van der Waals surface area contributed by atoms with Gasteiger partial charge in [-0.3, -0.25) is 0 Å². The van der Waals surface area contributed by atoms with Crippen molar-refractivity contribution in [3.63, 3.8) is 0 Å². The molecule has 4 nitrogen and oxygen atoms in total. The zero-order chi connectivity index (χ0) is 14.0. The van der Waals surface area contributed by atoms with Crippen molar-refractivity contribution in [2.75, 3.05) is 20.1 Å². The van der Waals surface area contributed by atoms with Gasteiger partial charge in [-0.1, -0.05) is 17.7 Å². The molecule has 0 radical (unpaired) electrons. The van der Waals surface area contributed by atoms with E-state index in [1.165, 1.54) is 29.6 Å². The first-order valence-electron chi connectivity index (χ1n) is 6.07. The molecule has 0 bridgehead atoms. The largest absolute Gasteiger partial charge is 0.317 e. The van der Waals surface area contributed by atoms with Crippen LogP contribution in [0.2, 0.25) is 5.02 Å². The van der Waals surface area contributed by atoms with E-state index < -0.39 is 15.8 Å². The summed E-state index contributed by atoms with van der Waals surface area (Å²) in [5, 5.41) is 2.98. The van der Waals surface area contributed by atoms with Gasteiger partial charge in [-0.2, -0.15) is 4.31 Å². The monoisotopic (exact) mass is 306 g/mol. The standard InChI is InChI=1S/C12H16ClFN2O2S/c1-16(9-5-7-15-8-6-9)19(17,18)11-4-2-3-10(13)12(11)14/h2-4,9,15H,5-8H2,1H3. The highest BCUT2D eigenvalue weighted by Crippen LogP contribution is 2.26. The van der Waals surface area contributed by atoms with Crippen molar-refractivity contribution in [2.24, 2.45) is 0 Å². The fraction of sp³-hybridized carbons (Fsp3) is 0.500. The molecule has 7 heteroatoms. The maximum atomic E-state index is 13.9. The van der Waals surface area contributed by atoms with E-state index in [9.17, 15) is 12.8 Å². The lowest BCUT2D eigenvalue weighted by Crippen LogP contribution is -2.44. The Morgan fingerprint density at radius 3 is 2.63 bits per heavy atom. The van der Waals surface area contributed by atoms with E-state index in [-0.39, 0.29) is 16.0 Å². The predicted molar refractivity (Wildman–Crippen MR) is 72.3 cm³/mol. The van der Waals surface area contributed by atoms with Gasteiger partial charge in [-0.25, -0.2) is 12.8 Å². The SMILES string of the molecule is CN(C1CCNCC1)S(=O)(=O)c1cccc(Cl)c1F. The van der Waals surface area contributed by atoms with Crippen LogP contribution in [0, 0.1) is 5.82 Å². The number of nitrogens with zero attached hydrogens (tertiary/aromatic N) is 1. The van der Waals surface area contributed by atoms with E-state index in [4.69, 9.17) is 11.6 Å². The quantitative estimate of drug-likeness (QED) is 0.927. The van der Waals surface area contributed by atoms with Crippen LogP contribution in [-0.2, 0) is 10.0 Å². The van der Waals surface area contributed by atoms with E-state index >= 15 is 0 Å². The Hall–Kier alpha value is -0.690. The lowest BCUT2D eigenvalue weighted by Gasteiger charge is -2.30. The van der Waals surface area contributed by atoms with Gasteiger partial charge in [0.15, 0.2) is 5.82 Å². The van der Waals surface area contributed by atoms with Crippen molar-refractivity contribution in [1.82, 2.24) is 9.62 Å². The summed E-state index contributed by atoms with van der Waals surface area (Å²) in [4.78, 5) is -0.360. The van der Waals surface area contributed by atoms with E-state index in [0.29, 0.717) is 0 Å². The minimum Gasteiger partial charge on any atom is -0.317 e. The average molecular weight is 307 g/mol. The van der Waals surface area contributed by atoms with Gasteiger partial charge in [0.05, 0.1) is 5.02 Å². The fourth-order valence-corrected chi connectivity index (χ4v) is 3.94. The molecule has 0 unspecified atom stereocenters. The minimum absolute atomic E-state index is 0.107. The number of hydrogen-bond acceptors (Lipinski definition) is 3. The Morgan fingerprint density at radius 2 is 2.00 bits per heavy atom. The van der Waals surface area contributed by atoms with Crippen LogP contribution < -0.4 is 5.32 Å². The first-order chi connectivity index (χ1) is 8.94. The van der Waals surface area contributed by atoms with E-state index in [0.717, 1.165) is 25.9 Å². The molecule has 1 saturated heterocycles. The normalized spacial score (nSPS) is 17.9. The van der Waals surface area contributed by atoms with Gasteiger partial charge in [-0.05, 0) is 38.1 Å². The molecule has 1 heterocycles. The number of benzene rings is 1. The molecule has 1 aromatic carbocycles. The summed E-state index contributed by atoms with van der Waals surface area (Å²) in [5.74, 6) is -0.884. The molecule has 0 amide bonds. The van der Waals surface area contributed by atoms with Crippen LogP contribution in [0.3, 0.4) is 0 Å². The number of nitrogens with one attached hydrogen (secondary N) is 1.